The molecule has 2 aromatic rings. The summed E-state index contributed by atoms with van der Waals surface area (Å²) in [6, 6.07) is 9.88. The van der Waals surface area contributed by atoms with Gasteiger partial charge in [0.15, 0.2) is 0 Å². The van der Waals surface area contributed by atoms with Crippen molar-refractivity contribution in [2.45, 2.75) is 31.4 Å². The molecule has 0 aromatic heterocycles. The Morgan fingerprint density at radius 3 is 2.50 bits per heavy atom. The minimum absolute atomic E-state index is 0.246. The second kappa shape index (κ2) is 6.15. The van der Waals surface area contributed by atoms with E-state index >= 15 is 0 Å². The lowest BCUT2D eigenvalue weighted by Gasteiger charge is -2.34. The number of hydrogen-bond donors (Lipinski definition) is 2. The highest BCUT2D eigenvalue weighted by Gasteiger charge is 2.41. The van der Waals surface area contributed by atoms with Crippen LogP contribution >= 0.6 is 0 Å². The summed E-state index contributed by atoms with van der Waals surface area (Å²) in [5.74, 6) is -0.784. The lowest BCUT2D eigenvalue weighted by molar-refractivity contribution is 0.0709. The molecule has 128 valence electrons. The molecule has 0 amide bonds. The summed E-state index contributed by atoms with van der Waals surface area (Å²) in [4.78, 5) is 1.86. The molecule has 1 heterocycles. The monoisotopic (exact) mass is 333 g/mol. The molecular formula is C19H21F2NO2. The first-order valence-electron chi connectivity index (χ1n) is 7.94. The Morgan fingerprint density at radius 2 is 1.83 bits per heavy atom. The number of aliphatic hydroxyl groups is 2. The number of rotatable bonds is 4. The lowest BCUT2D eigenvalue weighted by atomic mass is 9.87. The quantitative estimate of drug-likeness (QED) is 0.903. The normalized spacial score (nSPS) is 18.3. The number of anilines is 1. The topological polar surface area (TPSA) is 43.7 Å². The molecule has 24 heavy (non-hydrogen) atoms. The van der Waals surface area contributed by atoms with Gasteiger partial charge in [-0.25, -0.2) is 8.78 Å². The minimum Gasteiger partial charge on any atom is -0.394 e. The molecule has 0 unspecified atom stereocenters. The van der Waals surface area contributed by atoms with Crippen molar-refractivity contribution in [3.8, 4) is 0 Å². The van der Waals surface area contributed by atoms with Crippen molar-refractivity contribution in [2.75, 3.05) is 18.1 Å². The van der Waals surface area contributed by atoms with E-state index in [0.29, 0.717) is 17.8 Å². The number of hydrogen-bond acceptors (Lipinski definition) is 3. The van der Waals surface area contributed by atoms with Gasteiger partial charge in [-0.2, -0.15) is 0 Å². The molecular weight excluding hydrogens is 312 g/mol. The molecule has 0 spiro atoms. The van der Waals surface area contributed by atoms with Crippen LogP contribution in [0.2, 0.25) is 0 Å². The molecule has 3 rings (SSSR count). The second-order valence-electron chi connectivity index (χ2n) is 6.92. The SMILES string of the molecule is CC1(C)CN([C@@H](c2cccc(F)c2)[C@H](O)CO)c2cc(F)ccc21. The van der Waals surface area contributed by atoms with E-state index in [0.717, 1.165) is 5.56 Å². The summed E-state index contributed by atoms with van der Waals surface area (Å²) in [5.41, 5.74) is 1.94. The Hall–Kier alpha value is -1.98. The van der Waals surface area contributed by atoms with Crippen LogP contribution in [0.1, 0.15) is 31.0 Å². The van der Waals surface area contributed by atoms with Gasteiger partial charge in [0, 0.05) is 17.6 Å². The third kappa shape index (κ3) is 2.89. The van der Waals surface area contributed by atoms with Crippen molar-refractivity contribution in [3.05, 3.63) is 65.2 Å². The van der Waals surface area contributed by atoms with E-state index in [2.05, 4.69) is 0 Å². The summed E-state index contributed by atoms with van der Waals surface area (Å²) >= 11 is 0. The Morgan fingerprint density at radius 1 is 1.12 bits per heavy atom. The Balaban J connectivity index is 2.12. The molecule has 0 saturated heterocycles. The first-order valence-corrected chi connectivity index (χ1v) is 7.94. The molecule has 0 aliphatic carbocycles. The zero-order chi connectivity index (χ0) is 17.5. The van der Waals surface area contributed by atoms with Crippen molar-refractivity contribution in [1.82, 2.24) is 0 Å². The number of fused-ring (bicyclic) bond motifs is 1. The second-order valence-corrected chi connectivity index (χ2v) is 6.92. The zero-order valence-electron chi connectivity index (χ0n) is 13.7. The average Bonchev–Trinajstić information content (AvgIpc) is 2.78. The third-order valence-electron chi connectivity index (χ3n) is 4.64. The first kappa shape index (κ1) is 16.9. The number of aliphatic hydroxyl groups excluding tert-OH is 2. The molecule has 0 saturated carbocycles. The van der Waals surface area contributed by atoms with E-state index in [4.69, 9.17) is 0 Å². The van der Waals surface area contributed by atoms with Crippen LogP contribution in [-0.4, -0.2) is 29.5 Å². The molecule has 3 nitrogen and oxygen atoms in total. The summed E-state index contributed by atoms with van der Waals surface area (Å²) in [7, 11) is 0. The van der Waals surface area contributed by atoms with Crippen molar-refractivity contribution >= 4 is 5.69 Å². The van der Waals surface area contributed by atoms with E-state index < -0.39 is 24.6 Å². The van der Waals surface area contributed by atoms with E-state index in [1.165, 1.54) is 24.3 Å². The van der Waals surface area contributed by atoms with Gasteiger partial charge in [0.05, 0.1) is 12.6 Å². The molecule has 0 fully saturated rings. The van der Waals surface area contributed by atoms with Crippen LogP contribution < -0.4 is 4.90 Å². The van der Waals surface area contributed by atoms with Gasteiger partial charge in [-0.3, -0.25) is 0 Å². The van der Waals surface area contributed by atoms with Crippen LogP contribution in [-0.2, 0) is 5.41 Å². The zero-order valence-corrected chi connectivity index (χ0v) is 13.7. The summed E-state index contributed by atoms with van der Waals surface area (Å²) in [6.45, 7) is 4.14. The molecule has 1 aliphatic heterocycles. The van der Waals surface area contributed by atoms with E-state index in [1.54, 1.807) is 18.2 Å². The standard InChI is InChI=1S/C19H21F2NO2/c1-19(2)11-22(16-9-14(21)6-7-15(16)19)18(17(24)10-23)12-4-3-5-13(20)8-12/h3-9,17-18,23-24H,10-11H2,1-2H3/t17-,18+/m1/s1. The van der Waals surface area contributed by atoms with Gasteiger partial charge in [-0.15, -0.1) is 0 Å². The lowest BCUT2D eigenvalue weighted by Crippen LogP contribution is -2.40. The predicted molar refractivity (Wildman–Crippen MR) is 89.0 cm³/mol. The Labute approximate surface area is 140 Å². The minimum atomic E-state index is -1.11. The fourth-order valence-electron chi connectivity index (χ4n) is 3.56. The van der Waals surface area contributed by atoms with Gasteiger partial charge in [0.1, 0.15) is 17.7 Å². The van der Waals surface area contributed by atoms with Crippen LogP contribution in [0.25, 0.3) is 0 Å². The highest BCUT2D eigenvalue weighted by atomic mass is 19.1. The van der Waals surface area contributed by atoms with Gasteiger partial charge in [0.2, 0.25) is 0 Å². The van der Waals surface area contributed by atoms with Gasteiger partial charge in [0.25, 0.3) is 0 Å². The summed E-state index contributed by atoms with van der Waals surface area (Å²) in [6.07, 6.45) is -1.11. The van der Waals surface area contributed by atoms with Crippen LogP contribution in [0.5, 0.6) is 0 Å². The van der Waals surface area contributed by atoms with Gasteiger partial charge in [-0.1, -0.05) is 32.0 Å². The first-order chi connectivity index (χ1) is 11.3. The third-order valence-corrected chi connectivity index (χ3v) is 4.64. The van der Waals surface area contributed by atoms with Crippen molar-refractivity contribution < 1.29 is 19.0 Å². The van der Waals surface area contributed by atoms with Crippen LogP contribution in [0.4, 0.5) is 14.5 Å². The van der Waals surface area contributed by atoms with Crippen molar-refractivity contribution in [3.63, 3.8) is 0 Å². The average molecular weight is 333 g/mol. The molecule has 2 N–H and O–H groups in total. The maximum Gasteiger partial charge on any atom is 0.125 e. The molecule has 0 bridgehead atoms. The van der Waals surface area contributed by atoms with E-state index in [1.807, 2.05) is 18.7 Å². The van der Waals surface area contributed by atoms with E-state index in [9.17, 15) is 19.0 Å². The Bertz CT molecular complexity index is 748. The van der Waals surface area contributed by atoms with Crippen LogP contribution in [0.3, 0.4) is 0 Å². The molecule has 5 heteroatoms. The Kier molecular flexibility index (Phi) is 4.32. The summed E-state index contributed by atoms with van der Waals surface area (Å²) in [5, 5.41) is 19.9. The van der Waals surface area contributed by atoms with Crippen molar-refractivity contribution in [2.24, 2.45) is 0 Å². The van der Waals surface area contributed by atoms with Crippen LogP contribution in [0, 0.1) is 11.6 Å². The van der Waals surface area contributed by atoms with Gasteiger partial charge < -0.3 is 15.1 Å². The van der Waals surface area contributed by atoms with Crippen LogP contribution in [0.15, 0.2) is 42.5 Å². The van der Waals surface area contributed by atoms with Gasteiger partial charge in [-0.05, 0) is 35.4 Å². The molecule has 2 aromatic carbocycles. The molecule has 2 atom stereocenters. The number of benzene rings is 2. The predicted octanol–water partition coefficient (Wildman–Crippen LogP) is 3.16. The van der Waals surface area contributed by atoms with E-state index in [-0.39, 0.29) is 11.2 Å². The molecule has 1 aliphatic rings. The highest BCUT2D eigenvalue weighted by Crippen LogP contribution is 2.45. The molecule has 0 radical (unpaired) electrons. The fraction of sp³-hybridized carbons (Fsp3) is 0.368. The van der Waals surface area contributed by atoms with Gasteiger partial charge >= 0.3 is 0 Å². The number of halogens is 2. The summed E-state index contributed by atoms with van der Waals surface area (Å²) < 4.78 is 27.5. The smallest absolute Gasteiger partial charge is 0.125 e. The fourth-order valence-corrected chi connectivity index (χ4v) is 3.56. The van der Waals surface area contributed by atoms with Crippen molar-refractivity contribution in [1.29, 1.82) is 0 Å². The maximum absolute atomic E-state index is 13.8. The largest absolute Gasteiger partial charge is 0.394 e. The highest BCUT2D eigenvalue weighted by molar-refractivity contribution is 5.64. The number of nitrogens with zero attached hydrogens (tertiary/aromatic N) is 1. The maximum atomic E-state index is 13.8.